The maximum absolute atomic E-state index is 13.2. The van der Waals surface area contributed by atoms with Gasteiger partial charge in [-0.05, 0) is 56.8 Å². The molecule has 5 atom stereocenters. The monoisotopic (exact) mass is 535 g/mol. The number of aliphatic hydroxyl groups is 1. The van der Waals surface area contributed by atoms with Gasteiger partial charge in [0, 0.05) is 13.0 Å². The summed E-state index contributed by atoms with van der Waals surface area (Å²) in [5, 5.41) is 39.8. The Kier molecular flexibility index (Phi) is 11.8. The Morgan fingerprint density at radius 1 is 1.08 bits per heavy atom. The summed E-state index contributed by atoms with van der Waals surface area (Å²) >= 11 is 0. The van der Waals surface area contributed by atoms with Crippen molar-refractivity contribution in [1.82, 2.24) is 21.3 Å². The Morgan fingerprint density at radius 3 is 2.32 bits per heavy atom. The number of carboxylic acid groups (broad SMARTS) is 1. The Balaban J connectivity index is 2.12. The van der Waals surface area contributed by atoms with Crippen molar-refractivity contribution in [3.8, 4) is 5.75 Å². The molecule has 1 fully saturated rings. The van der Waals surface area contributed by atoms with Gasteiger partial charge in [-0.15, -0.1) is 0 Å². The lowest BCUT2D eigenvalue weighted by Crippen LogP contribution is -2.60. The smallest absolute Gasteiger partial charge is 0.326 e. The molecule has 0 aromatic heterocycles. The first kappa shape index (κ1) is 30.3. The van der Waals surface area contributed by atoms with Crippen molar-refractivity contribution in [2.45, 2.75) is 69.3 Å². The highest BCUT2D eigenvalue weighted by atomic mass is 16.4. The second-order valence-electron chi connectivity index (χ2n) is 9.16. The number of rotatable bonds is 14. The van der Waals surface area contributed by atoms with Crippen LogP contribution in [0, 0.1) is 0 Å². The lowest BCUT2D eigenvalue weighted by Gasteiger charge is -2.26. The molecule has 210 valence electrons. The normalized spacial score (nSPS) is 17.9. The van der Waals surface area contributed by atoms with Crippen molar-refractivity contribution >= 4 is 29.7 Å². The van der Waals surface area contributed by atoms with E-state index in [0.29, 0.717) is 18.5 Å². The SMILES string of the molecule is CC(O)C(NC(=O)C(Cc1ccc(O)cc1)NC(=O)C1CCCN1)C(=O)NC(CCCN=C(N)N)C(=O)O. The van der Waals surface area contributed by atoms with Crippen LogP contribution in [0.4, 0.5) is 0 Å². The Morgan fingerprint density at radius 2 is 1.76 bits per heavy atom. The number of amides is 3. The fourth-order valence-corrected chi connectivity index (χ4v) is 3.94. The minimum absolute atomic E-state index is 0.00620. The van der Waals surface area contributed by atoms with E-state index in [1.165, 1.54) is 19.1 Å². The van der Waals surface area contributed by atoms with Crippen LogP contribution in [-0.2, 0) is 25.6 Å². The largest absolute Gasteiger partial charge is 0.508 e. The number of benzene rings is 1. The number of carbonyl (C=O) groups excluding carboxylic acids is 3. The van der Waals surface area contributed by atoms with Crippen LogP contribution < -0.4 is 32.7 Å². The van der Waals surface area contributed by atoms with Crippen molar-refractivity contribution in [3.05, 3.63) is 29.8 Å². The van der Waals surface area contributed by atoms with Gasteiger partial charge in [-0.2, -0.15) is 0 Å². The Bertz CT molecular complexity index is 990. The predicted molar refractivity (Wildman–Crippen MR) is 138 cm³/mol. The fourth-order valence-electron chi connectivity index (χ4n) is 3.94. The third-order valence-corrected chi connectivity index (χ3v) is 6.01. The summed E-state index contributed by atoms with van der Waals surface area (Å²) in [5.41, 5.74) is 11.1. The second kappa shape index (κ2) is 14.7. The lowest BCUT2D eigenvalue weighted by atomic mass is 10.0. The van der Waals surface area contributed by atoms with Crippen LogP contribution in [-0.4, -0.2) is 88.3 Å². The Hall–Kier alpha value is -3.91. The number of carboxylic acids is 1. The van der Waals surface area contributed by atoms with Crippen molar-refractivity contribution in [2.75, 3.05) is 13.1 Å². The minimum Gasteiger partial charge on any atom is -0.508 e. The maximum Gasteiger partial charge on any atom is 0.326 e. The lowest BCUT2D eigenvalue weighted by molar-refractivity contribution is -0.143. The van der Waals surface area contributed by atoms with E-state index in [1.807, 2.05) is 0 Å². The molecular formula is C24H37N7O7. The molecule has 14 nitrogen and oxygen atoms in total. The average Bonchev–Trinajstić information content (AvgIpc) is 3.39. The van der Waals surface area contributed by atoms with Crippen molar-refractivity contribution in [3.63, 3.8) is 0 Å². The van der Waals surface area contributed by atoms with Crippen LogP contribution >= 0.6 is 0 Å². The zero-order chi connectivity index (χ0) is 28.2. The fraction of sp³-hybridized carbons (Fsp3) is 0.542. The molecule has 0 bridgehead atoms. The van der Waals surface area contributed by atoms with Crippen LogP contribution in [0.2, 0.25) is 0 Å². The molecule has 1 aromatic carbocycles. The molecular weight excluding hydrogens is 498 g/mol. The number of guanidine groups is 1. The molecule has 2 rings (SSSR count). The molecule has 1 aromatic rings. The van der Waals surface area contributed by atoms with Gasteiger partial charge in [0.1, 0.15) is 23.9 Å². The van der Waals surface area contributed by atoms with Gasteiger partial charge in [-0.3, -0.25) is 19.4 Å². The van der Waals surface area contributed by atoms with Gasteiger partial charge in [-0.25, -0.2) is 4.79 Å². The molecule has 0 saturated carbocycles. The third-order valence-electron chi connectivity index (χ3n) is 6.01. The first-order valence-corrected chi connectivity index (χ1v) is 12.4. The number of carbonyl (C=O) groups is 4. The summed E-state index contributed by atoms with van der Waals surface area (Å²) in [6, 6.07) is 1.69. The third kappa shape index (κ3) is 9.86. The van der Waals surface area contributed by atoms with Crippen LogP contribution in [0.15, 0.2) is 29.3 Å². The van der Waals surface area contributed by atoms with Gasteiger partial charge in [0.15, 0.2) is 5.96 Å². The number of aliphatic carboxylic acids is 1. The number of nitrogens with zero attached hydrogens (tertiary/aromatic N) is 1. The van der Waals surface area contributed by atoms with Crippen molar-refractivity contribution < 1.29 is 34.5 Å². The van der Waals surface area contributed by atoms with Crippen LogP contribution in [0.1, 0.15) is 38.2 Å². The summed E-state index contributed by atoms with van der Waals surface area (Å²) in [4.78, 5) is 54.3. The molecule has 0 aliphatic carbocycles. The second-order valence-corrected chi connectivity index (χ2v) is 9.16. The number of hydrogen-bond donors (Lipinski definition) is 9. The topological polar surface area (TPSA) is 241 Å². The van der Waals surface area contributed by atoms with Crippen LogP contribution in [0.3, 0.4) is 0 Å². The van der Waals surface area contributed by atoms with E-state index < -0.39 is 48.1 Å². The number of aliphatic hydroxyl groups excluding tert-OH is 1. The molecule has 5 unspecified atom stereocenters. The van der Waals surface area contributed by atoms with Crippen molar-refractivity contribution in [2.24, 2.45) is 16.5 Å². The first-order valence-electron chi connectivity index (χ1n) is 12.4. The predicted octanol–water partition coefficient (Wildman–Crippen LogP) is -2.34. The highest BCUT2D eigenvalue weighted by Crippen LogP contribution is 2.13. The molecule has 1 aliphatic heterocycles. The number of phenols is 1. The zero-order valence-corrected chi connectivity index (χ0v) is 21.2. The minimum atomic E-state index is -1.49. The van der Waals surface area contributed by atoms with E-state index in [0.717, 1.165) is 6.42 Å². The van der Waals surface area contributed by atoms with E-state index in [4.69, 9.17) is 11.5 Å². The number of nitrogens with two attached hydrogens (primary N) is 2. The first-order chi connectivity index (χ1) is 18.0. The summed E-state index contributed by atoms with van der Waals surface area (Å²) < 4.78 is 0. The Labute approximate surface area is 220 Å². The number of hydrogen-bond acceptors (Lipinski definition) is 8. The van der Waals surface area contributed by atoms with E-state index in [9.17, 15) is 34.5 Å². The summed E-state index contributed by atoms with van der Waals surface area (Å²) in [5.74, 6) is -3.45. The van der Waals surface area contributed by atoms with Gasteiger partial charge in [-0.1, -0.05) is 12.1 Å². The zero-order valence-electron chi connectivity index (χ0n) is 21.2. The molecule has 0 radical (unpaired) electrons. The summed E-state index contributed by atoms with van der Waals surface area (Å²) in [6.07, 6.45) is 0.354. The maximum atomic E-state index is 13.2. The molecule has 1 saturated heterocycles. The molecule has 11 N–H and O–H groups in total. The van der Waals surface area contributed by atoms with E-state index in [2.05, 4.69) is 26.3 Å². The molecule has 1 aliphatic rings. The number of aromatic hydroxyl groups is 1. The number of aliphatic imine (C=N–C) groups is 1. The van der Waals surface area contributed by atoms with Gasteiger partial charge in [0.05, 0.1) is 12.1 Å². The van der Waals surface area contributed by atoms with Crippen LogP contribution in [0.5, 0.6) is 5.75 Å². The van der Waals surface area contributed by atoms with Gasteiger partial charge in [0.2, 0.25) is 17.7 Å². The van der Waals surface area contributed by atoms with E-state index >= 15 is 0 Å². The van der Waals surface area contributed by atoms with E-state index in [-0.39, 0.29) is 43.4 Å². The van der Waals surface area contributed by atoms with Crippen LogP contribution in [0.25, 0.3) is 0 Å². The quantitative estimate of drug-likeness (QED) is 0.0698. The summed E-state index contributed by atoms with van der Waals surface area (Å²) in [7, 11) is 0. The number of nitrogens with one attached hydrogen (secondary N) is 4. The molecule has 38 heavy (non-hydrogen) atoms. The highest BCUT2D eigenvalue weighted by Gasteiger charge is 2.33. The molecule has 3 amide bonds. The van der Waals surface area contributed by atoms with E-state index in [1.54, 1.807) is 12.1 Å². The standard InChI is InChI=1S/C24H37N7O7/c1-13(32)19(22(36)29-17(23(37)38)5-3-11-28-24(25)26)31-21(35)18(12-14-6-8-15(33)9-7-14)30-20(34)16-4-2-10-27-16/h6-9,13,16-19,27,32-33H,2-5,10-12H2,1H3,(H,29,36)(H,30,34)(H,31,35)(H,37,38)(H4,25,26,28). The van der Waals surface area contributed by atoms with Gasteiger partial charge < -0.3 is 48.1 Å². The molecule has 14 heteroatoms. The molecule has 0 spiro atoms. The highest BCUT2D eigenvalue weighted by molar-refractivity contribution is 5.94. The number of phenolic OH excluding ortho intramolecular Hbond substituents is 1. The van der Waals surface area contributed by atoms with Gasteiger partial charge >= 0.3 is 5.97 Å². The molecule has 1 heterocycles. The van der Waals surface area contributed by atoms with Gasteiger partial charge in [0.25, 0.3) is 0 Å². The van der Waals surface area contributed by atoms with Crippen molar-refractivity contribution in [1.29, 1.82) is 0 Å². The summed E-state index contributed by atoms with van der Waals surface area (Å²) in [6.45, 7) is 2.11. The average molecular weight is 536 g/mol.